The van der Waals surface area contributed by atoms with E-state index in [0.29, 0.717) is 12.6 Å². The van der Waals surface area contributed by atoms with Crippen LogP contribution in [0, 0.1) is 17.6 Å². The Balaban J connectivity index is 2.16. The van der Waals surface area contributed by atoms with Crippen LogP contribution >= 0.6 is 11.6 Å². The van der Waals surface area contributed by atoms with Crippen molar-refractivity contribution in [2.75, 3.05) is 13.6 Å². The predicted molar refractivity (Wildman–Crippen MR) is 68.5 cm³/mol. The number of halogens is 3. The average Bonchev–Trinajstić information content (AvgIpc) is 2.26. The van der Waals surface area contributed by atoms with E-state index in [4.69, 9.17) is 11.6 Å². The van der Waals surface area contributed by atoms with E-state index in [2.05, 4.69) is 0 Å². The van der Waals surface area contributed by atoms with E-state index in [1.165, 1.54) is 7.05 Å². The van der Waals surface area contributed by atoms with Crippen molar-refractivity contribution in [2.24, 2.45) is 5.92 Å². The molecule has 3 nitrogen and oxygen atoms in total. The Labute approximate surface area is 116 Å². The standard InChI is InChI=1S/C12H14ClF2NO2S/c1-16(7-8-4-9(13)5-8)19(17,18)12-3-2-10(14)6-11(12)15/h2-3,6,8-9H,4-5,7H2,1H3. The Hall–Kier alpha value is -0.720. The number of hydrogen-bond donors (Lipinski definition) is 0. The molecular weight excluding hydrogens is 296 g/mol. The first-order valence-electron chi connectivity index (χ1n) is 5.86. The molecule has 1 aliphatic carbocycles. The summed E-state index contributed by atoms with van der Waals surface area (Å²) < 4.78 is 51.7. The summed E-state index contributed by atoms with van der Waals surface area (Å²) in [5.74, 6) is -1.68. The first-order valence-corrected chi connectivity index (χ1v) is 7.74. The molecule has 0 aliphatic heterocycles. The molecule has 1 fully saturated rings. The van der Waals surface area contributed by atoms with E-state index in [1.807, 2.05) is 0 Å². The molecule has 0 bridgehead atoms. The van der Waals surface area contributed by atoms with Crippen LogP contribution in [-0.4, -0.2) is 31.7 Å². The van der Waals surface area contributed by atoms with Crippen molar-refractivity contribution in [2.45, 2.75) is 23.1 Å². The van der Waals surface area contributed by atoms with Crippen molar-refractivity contribution in [3.8, 4) is 0 Å². The molecule has 7 heteroatoms. The van der Waals surface area contributed by atoms with E-state index in [9.17, 15) is 17.2 Å². The van der Waals surface area contributed by atoms with Gasteiger partial charge in [-0.1, -0.05) is 0 Å². The highest BCUT2D eigenvalue weighted by Gasteiger charge is 2.32. The van der Waals surface area contributed by atoms with Crippen LogP contribution in [0.1, 0.15) is 12.8 Å². The predicted octanol–water partition coefficient (Wildman–Crippen LogP) is 2.60. The summed E-state index contributed by atoms with van der Waals surface area (Å²) in [5, 5.41) is 0.101. The van der Waals surface area contributed by atoms with E-state index < -0.39 is 26.6 Å². The van der Waals surface area contributed by atoms with Crippen molar-refractivity contribution in [1.82, 2.24) is 4.31 Å². The number of benzene rings is 1. The molecule has 1 saturated carbocycles. The number of rotatable bonds is 4. The van der Waals surface area contributed by atoms with Gasteiger partial charge in [0.2, 0.25) is 10.0 Å². The Morgan fingerprint density at radius 1 is 1.37 bits per heavy atom. The molecule has 106 valence electrons. The molecule has 1 aromatic rings. The van der Waals surface area contributed by atoms with Crippen LogP contribution in [0.15, 0.2) is 23.1 Å². The van der Waals surface area contributed by atoms with Crippen LogP contribution in [0.3, 0.4) is 0 Å². The molecule has 0 atom stereocenters. The van der Waals surface area contributed by atoms with Crippen LogP contribution in [0.25, 0.3) is 0 Å². The van der Waals surface area contributed by atoms with E-state index in [0.717, 1.165) is 29.3 Å². The first kappa shape index (κ1) is 14.7. The topological polar surface area (TPSA) is 37.4 Å². The normalized spacial score (nSPS) is 23.4. The zero-order valence-corrected chi connectivity index (χ0v) is 11.9. The molecule has 0 saturated heterocycles. The van der Waals surface area contributed by atoms with Gasteiger partial charge in [0.15, 0.2) is 0 Å². The number of nitrogens with zero attached hydrogens (tertiary/aromatic N) is 1. The maximum absolute atomic E-state index is 13.5. The van der Waals surface area contributed by atoms with E-state index in [-0.39, 0.29) is 11.3 Å². The molecule has 0 N–H and O–H groups in total. The van der Waals surface area contributed by atoms with Crippen LogP contribution in [0.4, 0.5) is 8.78 Å². The molecule has 0 amide bonds. The van der Waals surface area contributed by atoms with E-state index >= 15 is 0 Å². The lowest BCUT2D eigenvalue weighted by molar-refractivity contribution is 0.268. The molecule has 0 heterocycles. The Kier molecular flexibility index (Phi) is 4.13. The molecule has 0 spiro atoms. The zero-order chi connectivity index (χ0) is 14.2. The van der Waals surface area contributed by atoms with Gasteiger partial charge in [0.1, 0.15) is 16.5 Å². The van der Waals surface area contributed by atoms with Crippen molar-refractivity contribution >= 4 is 21.6 Å². The second kappa shape index (κ2) is 5.34. The minimum Gasteiger partial charge on any atom is -0.207 e. The second-order valence-corrected chi connectivity index (χ2v) is 7.43. The monoisotopic (exact) mass is 309 g/mol. The lowest BCUT2D eigenvalue weighted by atomic mass is 9.85. The first-order chi connectivity index (χ1) is 8.80. The van der Waals surface area contributed by atoms with Crippen molar-refractivity contribution in [1.29, 1.82) is 0 Å². The molecule has 0 aromatic heterocycles. The van der Waals surface area contributed by atoms with Crippen LogP contribution in [0.5, 0.6) is 0 Å². The lowest BCUT2D eigenvalue weighted by Crippen LogP contribution is -2.38. The van der Waals surface area contributed by atoms with Gasteiger partial charge in [0.25, 0.3) is 0 Å². The highest BCUT2D eigenvalue weighted by molar-refractivity contribution is 7.89. The third kappa shape index (κ3) is 3.07. The number of hydrogen-bond acceptors (Lipinski definition) is 2. The molecule has 0 radical (unpaired) electrons. The fourth-order valence-corrected chi connectivity index (χ4v) is 3.91. The second-order valence-electron chi connectivity index (χ2n) is 4.79. The summed E-state index contributed by atoms with van der Waals surface area (Å²) in [7, 11) is -2.54. The van der Waals surface area contributed by atoms with Gasteiger partial charge >= 0.3 is 0 Å². The third-order valence-electron chi connectivity index (χ3n) is 3.28. The van der Waals surface area contributed by atoms with Gasteiger partial charge in [0.05, 0.1) is 0 Å². The third-order valence-corrected chi connectivity index (χ3v) is 5.49. The molecule has 1 aromatic carbocycles. The summed E-state index contributed by atoms with van der Waals surface area (Å²) in [4.78, 5) is -0.502. The molecule has 2 rings (SSSR count). The molecule has 0 unspecified atom stereocenters. The number of alkyl halides is 1. The SMILES string of the molecule is CN(CC1CC(Cl)C1)S(=O)(=O)c1ccc(F)cc1F. The van der Waals surface area contributed by atoms with Crippen molar-refractivity contribution in [3.05, 3.63) is 29.8 Å². The van der Waals surface area contributed by atoms with Gasteiger partial charge in [-0.05, 0) is 30.9 Å². The molecule has 19 heavy (non-hydrogen) atoms. The van der Waals surface area contributed by atoms with Gasteiger partial charge in [-0.25, -0.2) is 21.5 Å². The van der Waals surface area contributed by atoms with Gasteiger partial charge in [-0.2, -0.15) is 0 Å². The van der Waals surface area contributed by atoms with E-state index in [1.54, 1.807) is 0 Å². The number of sulfonamides is 1. The van der Waals surface area contributed by atoms with Crippen molar-refractivity contribution in [3.63, 3.8) is 0 Å². The fourth-order valence-electron chi connectivity index (χ4n) is 2.12. The summed E-state index contributed by atoms with van der Waals surface area (Å²) in [5.41, 5.74) is 0. The summed E-state index contributed by atoms with van der Waals surface area (Å²) in [6.07, 6.45) is 1.51. The summed E-state index contributed by atoms with van der Waals surface area (Å²) in [6.45, 7) is 0.294. The highest BCUT2D eigenvalue weighted by Crippen LogP contribution is 2.33. The summed E-state index contributed by atoms with van der Waals surface area (Å²) in [6, 6.07) is 2.45. The van der Waals surface area contributed by atoms with Gasteiger partial charge in [-0.15, -0.1) is 11.6 Å². The highest BCUT2D eigenvalue weighted by atomic mass is 35.5. The van der Waals surface area contributed by atoms with Gasteiger partial charge in [-0.3, -0.25) is 0 Å². The van der Waals surface area contributed by atoms with Crippen molar-refractivity contribution < 1.29 is 17.2 Å². The summed E-state index contributed by atoms with van der Waals surface area (Å²) >= 11 is 5.83. The molecule has 1 aliphatic rings. The maximum atomic E-state index is 13.5. The van der Waals surface area contributed by atoms with Gasteiger partial charge in [0, 0.05) is 25.0 Å². The maximum Gasteiger partial charge on any atom is 0.245 e. The van der Waals surface area contributed by atoms with Crippen LogP contribution in [0.2, 0.25) is 0 Å². The Morgan fingerprint density at radius 3 is 2.53 bits per heavy atom. The Morgan fingerprint density at radius 2 is 2.00 bits per heavy atom. The lowest BCUT2D eigenvalue weighted by Gasteiger charge is -2.33. The quantitative estimate of drug-likeness (QED) is 0.802. The minimum absolute atomic E-state index is 0.101. The smallest absolute Gasteiger partial charge is 0.207 e. The van der Waals surface area contributed by atoms with Gasteiger partial charge < -0.3 is 0 Å². The zero-order valence-electron chi connectivity index (χ0n) is 10.3. The van der Waals surface area contributed by atoms with Crippen LogP contribution < -0.4 is 0 Å². The minimum atomic E-state index is -3.93. The fraction of sp³-hybridized carbons (Fsp3) is 0.500. The Bertz CT molecular complexity index is 573. The largest absolute Gasteiger partial charge is 0.245 e. The van der Waals surface area contributed by atoms with Crippen LogP contribution in [-0.2, 0) is 10.0 Å². The molecular formula is C12H14ClF2NO2S. The average molecular weight is 310 g/mol.